The second kappa shape index (κ2) is 2.59. The first-order valence-electron chi connectivity index (χ1n) is 5.23. The normalized spacial score (nSPS) is 28.9. The van der Waals surface area contributed by atoms with Crippen molar-refractivity contribution in [2.75, 3.05) is 20.1 Å². The van der Waals surface area contributed by atoms with Crippen LogP contribution in [0.1, 0.15) is 17.2 Å². The SMILES string of the molecule is CN1CC2(Cc3ccccc3[C@@H]2N)C1. The third-order valence-electron chi connectivity index (χ3n) is 3.76. The fraction of sp³-hybridized carbons (Fsp3) is 0.500. The van der Waals surface area contributed by atoms with E-state index < -0.39 is 0 Å². The van der Waals surface area contributed by atoms with Gasteiger partial charge in [-0.1, -0.05) is 24.3 Å². The lowest BCUT2D eigenvalue weighted by atomic mass is 9.74. The highest BCUT2D eigenvalue weighted by Gasteiger charge is 2.50. The van der Waals surface area contributed by atoms with Gasteiger partial charge in [-0.2, -0.15) is 0 Å². The number of hydrogen-bond acceptors (Lipinski definition) is 2. The van der Waals surface area contributed by atoms with Gasteiger partial charge < -0.3 is 10.6 Å². The molecule has 2 N–H and O–H groups in total. The van der Waals surface area contributed by atoms with Crippen LogP contribution < -0.4 is 5.73 Å². The summed E-state index contributed by atoms with van der Waals surface area (Å²) in [5.41, 5.74) is 9.52. The fourth-order valence-corrected chi connectivity index (χ4v) is 3.16. The van der Waals surface area contributed by atoms with E-state index in [4.69, 9.17) is 5.73 Å². The van der Waals surface area contributed by atoms with Crippen molar-refractivity contribution in [2.45, 2.75) is 12.5 Å². The zero-order valence-electron chi connectivity index (χ0n) is 8.53. The average molecular weight is 188 g/mol. The van der Waals surface area contributed by atoms with E-state index in [0.717, 1.165) is 13.1 Å². The number of benzene rings is 1. The van der Waals surface area contributed by atoms with Crippen LogP contribution in [-0.4, -0.2) is 25.0 Å². The molecule has 1 aromatic carbocycles. The van der Waals surface area contributed by atoms with Gasteiger partial charge in [-0.3, -0.25) is 0 Å². The average Bonchev–Trinajstić information content (AvgIpc) is 2.41. The Morgan fingerprint density at radius 2 is 2.07 bits per heavy atom. The molecule has 1 aliphatic carbocycles. The molecule has 14 heavy (non-hydrogen) atoms. The Morgan fingerprint density at radius 1 is 1.36 bits per heavy atom. The second-order valence-electron chi connectivity index (χ2n) is 4.89. The number of hydrogen-bond donors (Lipinski definition) is 1. The van der Waals surface area contributed by atoms with Crippen molar-refractivity contribution in [1.82, 2.24) is 4.90 Å². The summed E-state index contributed by atoms with van der Waals surface area (Å²) >= 11 is 0. The van der Waals surface area contributed by atoms with Gasteiger partial charge in [-0.25, -0.2) is 0 Å². The van der Waals surface area contributed by atoms with Gasteiger partial charge in [0.15, 0.2) is 0 Å². The highest BCUT2D eigenvalue weighted by molar-refractivity contribution is 5.39. The van der Waals surface area contributed by atoms with E-state index in [9.17, 15) is 0 Å². The van der Waals surface area contributed by atoms with E-state index in [1.54, 1.807) is 0 Å². The van der Waals surface area contributed by atoms with Crippen molar-refractivity contribution in [3.05, 3.63) is 35.4 Å². The summed E-state index contributed by atoms with van der Waals surface area (Å²) < 4.78 is 0. The lowest BCUT2D eigenvalue weighted by Gasteiger charge is -2.49. The molecular formula is C12H16N2. The molecule has 1 fully saturated rings. The number of likely N-dealkylation sites (tertiary alicyclic amines) is 1. The Morgan fingerprint density at radius 3 is 2.71 bits per heavy atom. The third kappa shape index (κ3) is 0.928. The predicted molar refractivity (Wildman–Crippen MR) is 57.0 cm³/mol. The highest BCUT2D eigenvalue weighted by Crippen LogP contribution is 2.49. The standard InChI is InChI=1S/C12H16N2/c1-14-7-12(8-14)6-9-4-2-3-5-10(9)11(12)13/h2-5,11H,6-8,13H2,1H3/t11-/m0/s1. The van der Waals surface area contributed by atoms with Gasteiger partial charge in [-0.05, 0) is 24.6 Å². The molecule has 0 unspecified atom stereocenters. The minimum absolute atomic E-state index is 0.259. The van der Waals surface area contributed by atoms with E-state index in [0.29, 0.717) is 5.41 Å². The van der Waals surface area contributed by atoms with E-state index in [1.165, 1.54) is 17.5 Å². The Balaban J connectivity index is 1.98. The maximum atomic E-state index is 6.32. The summed E-state index contributed by atoms with van der Waals surface area (Å²) in [7, 11) is 2.17. The molecule has 1 atom stereocenters. The first-order chi connectivity index (χ1) is 6.71. The topological polar surface area (TPSA) is 29.3 Å². The Bertz CT molecular complexity index is 366. The number of rotatable bonds is 0. The molecule has 3 rings (SSSR count). The molecule has 0 bridgehead atoms. The van der Waals surface area contributed by atoms with Gasteiger partial charge in [-0.15, -0.1) is 0 Å². The molecular weight excluding hydrogens is 172 g/mol. The minimum Gasteiger partial charge on any atom is -0.323 e. The van der Waals surface area contributed by atoms with Crippen molar-refractivity contribution in [1.29, 1.82) is 0 Å². The van der Waals surface area contributed by atoms with Gasteiger partial charge in [0.25, 0.3) is 0 Å². The summed E-state index contributed by atoms with van der Waals surface area (Å²) in [5.74, 6) is 0. The summed E-state index contributed by atoms with van der Waals surface area (Å²) in [4.78, 5) is 2.35. The van der Waals surface area contributed by atoms with Crippen LogP contribution in [0.4, 0.5) is 0 Å². The third-order valence-corrected chi connectivity index (χ3v) is 3.76. The first kappa shape index (κ1) is 8.45. The zero-order valence-corrected chi connectivity index (χ0v) is 8.53. The summed E-state index contributed by atoms with van der Waals surface area (Å²) in [6.07, 6.45) is 1.18. The van der Waals surface area contributed by atoms with Crippen LogP contribution in [0.15, 0.2) is 24.3 Å². The van der Waals surface area contributed by atoms with Crippen molar-refractivity contribution in [3.63, 3.8) is 0 Å². The summed E-state index contributed by atoms with van der Waals surface area (Å²) in [6.45, 7) is 2.31. The fourth-order valence-electron chi connectivity index (χ4n) is 3.16. The predicted octanol–water partition coefficient (Wildman–Crippen LogP) is 1.17. The van der Waals surface area contributed by atoms with Crippen molar-refractivity contribution >= 4 is 0 Å². The van der Waals surface area contributed by atoms with Crippen LogP contribution in [-0.2, 0) is 6.42 Å². The number of nitrogens with two attached hydrogens (primary N) is 1. The second-order valence-corrected chi connectivity index (χ2v) is 4.89. The van der Waals surface area contributed by atoms with Gasteiger partial charge in [0, 0.05) is 24.5 Å². The molecule has 1 heterocycles. The molecule has 0 radical (unpaired) electrons. The van der Waals surface area contributed by atoms with E-state index in [1.807, 2.05) is 0 Å². The quantitative estimate of drug-likeness (QED) is 0.662. The van der Waals surface area contributed by atoms with E-state index >= 15 is 0 Å². The number of nitrogens with zero attached hydrogens (tertiary/aromatic N) is 1. The lowest BCUT2D eigenvalue weighted by molar-refractivity contribution is 0.00930. The highest BCUT2D eigenvalue weighted by atomic mass is 15.2. The molecule has 0 saturated carbocycles. The van der Waals surface area contributed by atoms with E-state index in [-0.39, 0.29) is 6.04 Å². The maximum absolute atomic E-state index is 6.32. The molecule has 2 aliphatic rings. The van der Waals surface area contributed by atoms with Crippen molar-refractivity contribution in [3.8, 4) is 0 Å². The molecule has 2 nitrogen and oxygen atoms in total. The Labute approximate surface area is 84.7 Å². The monoisotopic (exact) mass is 188 g/mol. The molecule has 1 aliphatic heterocycles. The molecule has 0 amide bonds. The zero-order chi connectivity index (χ0) is 9.76. The van der Waals surface area contributed by atoms with Crippen LogP contribution in [0.3, 0.4) is 0 Å². The van der Waals surface area contributed by atoms with Gasteiger partial charge >= 0.3 is 0 Å². The van der Waals surface area contributed by atoms with Crippen LogP contribution >= 0.6 is 0 Å². The van der Waals surface area contributed by atoms with E-state index in [2.05, 4.69) is 36.2 Å². The number of fused-ring (bicyclic) bond motifs is 1. The molecule has 74 valence electrons. The van der Waals surface area contributed by atoms with Crippen LogP contribution in [0.25, 0.3) is 0 Å². The summed E-state index contributed by atoms with van der Waals surface area (Å²) in [5, 5.41) is 0. The lowest BCUT2D eigenvalue weighted by Crippen LogP contribution is -2.58. The molecule has 2 heteroatoms. The molecule has 1 aromatic rings. The summed E-state index contributed by atoms with van der Waals surface area (Å²) in [6, 6.07) is 8.89. The minimum atomic E-state index is 0.259. The van der Waals surface area contributed by atoms with Gasteiger partial charge in [0.1, 0.15) is 0 Å². The van der Waals surface area contributed by atoms with Crippen LogP contribution in [0.2, 0.25) is 0 Å². The van der Waals surface area contributed by atoms with Crippen LogP contribution in [0.5, 0.6) is 0 Å². The maximum Gasteiger partial charge on any atom is 0.0382 e. The molecule has 1 spiro atoms. The van der Waals surface area contributed by atoms with Gasteiger partial charge in [0.05, 0.1) is 0 Å². The van der Waals surface area contributed by atoms with Crippen LogP contribution in [0, 0.1) is 5.41 Å². The smallest absolute Gasteiger partial charge is 0.0382 e. The van der Waals surface area contributed by atoms with Crippen molar-refractivity contribution in [2.24, 2.45) is 11.1 Å². The largest absolute Gasteiger partial charge is 0.323 e. The molecule has 1 saturated heterocycles. The van der Waals surface area contributed by atoms with Crippen molar-refractivity contribution < 1.29 is 0 Å². The Kier molecular flexibility index (Phi) is 1.56. The Hall–Kier alpha value is -0.860. The first-order valence-corrected chi connectivity index (χ1v) is 5.23. The molecule has 0 aromatic heterocycles. The van der Waals surface area contributed by atoms with Gasteiger partial charge in [0.2, 0.25) is 0 Å².